The summed E-state index contributed by atoms with van der Waals surface area (Å²) in [5.74, 6) is -0.990. The minimum atomic E-state index is -1.17. The lowest BCUT2D eigenvalue weighted by Crippen LogP contribution is -2.33. The van der Waals surface area contributed by atoms with E-state index in [9.17, 15) is 19.7 Å². The third-order valence-corrected chi connectivity index (χ3v) is 4.91. The summed E-state index contributed by atoms with van der Waals surface area (Å²) < 4.78 is 11.3. The third-order valence-electron chi connectivity index (χ3n) is 4.91. The lowest BCUT2D eigenvalue weighted by molar-refractivity contribution is -0.385. The van der Waals surface area contributed by atoms with Crippen LogP contribution in [0.2, 0.25) is 0 Å². The topological polar surface area (TPSA) is 151 Å². The van der Waals surface area contributed by atoms with Crippen molar-refractivity contribution >= 4 is 23.4 Å². The van der Waals surface area contributed by atoms with Crippen molar-refractivity contribution in [2.45, 2.75) is 6.04 Å². The number of aromatic nitrogens is 4. The number of nitro benzene ring substituents is 1. The van der Waals surface area contributed by atoms with Crippen LogP contribution >= 0.6 is 0 Å². The van der Waals surface area contributed by atoms with Crippen LogP contribution in [0.4, 0.5) is 11.6 Å². The first-order valence-electron chi connectivity index (χ1n) is 9.25. The number of para-hydroxylation sites is 1. The molecule has 0 amide bonds. The molecule has 0 unspecified atom stereocenters. The molecule has 0 spiro atoms. The molecular formula is C20H16N6O6. The van der Waals surface area contributed by atoms with E-state index in [1.165, 1.54) is 36.1 Å². The van der Waals surface area contributed by atoms with Crippen molar-refractivity contribution in [2.24, 2.45) is 0 Å². The number of ether oxygens (including phenoxy) is 2. The molecule has 2 aromatic carbocycles. The quantitative estimate of drug-likeness (QED) is 0.262. The maximum Gasteiger partial charge on any atom is 0.355 e. The van der Waals surface area contributed by atoms with E-state index in [0.29, 0.717) is 5.75 Å². The van der Waals surface area contributed by atoms with Crippen molar-refractivity contribution in [2.75, 3.05) is 19.5 Å². The second kappa shape index (κ2) is 8.26. The van der Waals surface area contributed by atoms with Crippen LogP contribution in [0.15, 0.2) is 59.8 Å². The van der Waals surface area contributed by atoms with Crippen molar-refractivity contribution in [1.82, 2.24) is 20.2 Å². The number of carbonyl (C=O) groups excluding carboxylic acids is 2. The molecule has 12 nitrogen and oxygen atoms in total. The molecule has 0 bridgehead atoms. The monoisotopic (exact) mass is 436 g/mol. The summed E-state index contributed by atoms with van der Waals surface area (Å²) in [5, 5.41) is 25.8. The first-order valence-corrected chi connectivity index (χ1v) is 9.25. The lowest BCUT2D eigenvalue weighted by atomic mass is 9.88. The van der Waals surface area contributed by atoms with Crippen LogP contribution < -0.4 is 10.1 Å². The van der Waals surface area contributed by atoms with E-state index in [1.807, 2.05) is 0 Å². The number of allylic oxidation sites excluding steroid dienone is 1. The van der Waals surface area contributed by atoms with Crippen LogP contribution in [0, 0.1) is 10.1 Å². The van der Waals surface area contributed by atoms with Crippen LogP contribution in [0.3, 0.4) is 0 Å². The van der Waals surface area contributed by atoms with Gasteiger partial charge in [0.25, 0.3) is 5.69 Å². The van der Waals surface area contributed by atoms with Crippen LogP contribution in [-0.2, 0) is 9.53 Å². The smallest absolute Gasteiger partial charge is 0.355 e. The Labute approximate surface area is 180 Å². The zero-order valence-corrected chi connectivity index (χ0v) is 16.9. The minimum Gasteiger partial charge on any atom is -0.497 e. The molecule has 1 aromatic heterocycles. The van der Waals surface area contributed by atoms with Crippen molar-refractivity contribution in [3.8, 4) is 5.75 Å². The van der Waals surface area contributed by atoms with Gasteiger partial charge in [0, 0.05) is 11.6 Å². The number of methoxy groups -OCH3 is 2. The van der Waals surface area contributed by atoms with Crippen molar-refractivity contribution in [3.63, 3.8) is 0 Å². The predicted octanol–water partition coefficient (Wildman–Crippen LogP) is 1.91. The van der Waals surface area contributed by atoms with E-state index in [1.54, 1.807) is 24.3 Å². The number of nitrogens with one attached hydrogen (secondary N) is 1. The number of ketones is 1. The Kier molecular flexibility index (Phi) is 5.33. The Bertz CT molecular complexity index is 1270. The maximum atomic E-state index is 13.7. The Hall–Kier alpha value is -4.61. The molecule has 1 N–H and O–H groups in total. The molecular weight excluding hydrogens is 420 g/mol. The number of anilines is 1. The standard InChI is InChI=1S/C20H16N6O6/c1-31-12-7-5-6-11(10-12)18(27)15-16(19(28)32-2)21-20-22-23-24-25(20)17(15)13-8-3-4-9-14(13)26(29)30/h3-10,17H,1-2H3,(H,21,22,24)/t17-/m1/s1. The van der Waals surface area contributed by atoms with Crippen LogP contribution in [0.5, 0.6) is 5.75 Å². The number of nitro groups is 1. The van der Waals surface area contributed by atoms with Crippen LogP contribution in [0.25, 0.3) is 0 Å². The first kappa shape index (κ1) is 20.7. The van der Waals surface area contributed by atoms with Gasteiger partial charge in [-0.25, -0.2) is 4.79 Å². The SMILES string of the molecule is COC(=O)C1=C(C(=O)c2cccc(OC)c2)[C@@H](c2ccccc2[N+](=O)[O-])n2nnnc2N1. The molecule has 32 heavy (non-hydrogen) atoms. The molecule has 3 aromatic rings. The number of Topliss-reactive ketones (excluding diaryl/α,β-unsaturated/α-hetero) is 1. The Morgan fingerprint density at radius 2 is 1.94 bits per heavy atom. The normalized spacial score (nSPS) is 14.9. The third kappa shape index (κ3) is 3.43. The molecule has 162 valence electrons. The average molecular weight is 436 g/mol. The number of rotatable bonds is 6. The fraction of sp³-hybridized carbons (Fsp3) is 0.150. The van der Waals surface area contributed by atoms with Gasteiger partial charge in [0.15, 0.2) is 5.78 Å². The molecule has 2 heterocycles. The van der Waals surface area contributed by atoms with Crippen LogP contribution in [-0.4, -0.2) is 51.1 Å². The zero-order valence-electron chi connectivity index (χ0n) is 16.9. The van der Waals surface area contributed by atoms with Gasteiger partial charge in [-0.05, 0) is 28.6 Å². The molecule has 0 fully saturated rings. The van der Waals surface area contributed by atoms with Crippen LogP contribution in [0.1, 0.15) is 22.0 Å². The number of fused-ring (bicyclic) bond motifs is 1. The molecule has 0 radical (unpaired) electrons. The second-order valence-electron chi connectivity index (χ2n) is 6.63. The number of tetrazole rings is 1. The van der Waals surface area contributed by atoms with E-state index >= 15 is 0 Å². The number of hydrogen-bond acceptors (Lipinski definition) is 10. The summed E-state index contributed by atoms with van der Waals surface area (Å²) in [6.07, 6.45) is 0. The zero-order chi connectivity index (χ0) is 22.8. The molecule has 1 aliphatic heterocycles. The minimum absolute atomic E-state index is 0.0238. The summed E-state index contributed by atoms with van der Waals surface area (Å²) in [5.41, 5.74) is -0.270. The fourth-order valence-corrected chi connectivity index (χ4v) is 3.48. The number of benzene rings is 2. The Balaban J connectivity index is 2.00. The molecule has 0 saturated heterocycles. The Morgan fingerprint density at radius 3 is 2.66 bits per heavy atom. The van der Waals surface area contributed by atoms with Gasteiger partial charge in [0.05, 0.1) is 30.3 Å². The van der Waals surface area contributed by atoms with Crippen molar-refractivity contribution in [3.05, 3.63) is 81.0 Å². The maximum absolute atomic E-state index is 13.7. The molecule has 0 aliphatic carbocycles. The second-order valence-corrected chi connectivity index (χ2v) is 6.63. The Morgan fingerprint density at radius 1 is 1.16 bits per heavy atom. The molecule has 4 rings (SSSR count). The highest BCUT2D eigenvalue weighted by atomic mass is 16.6. The van der Waals surface area contributed by atoms with E-state index in [4.69, 9.17) is 9.47 Å². The first-order chi connectivity index (χ1) is 15.5. The highest BCUT2D eigenvalue weighted by molar-refractivity contribution is 6.15. The molecule has 0 saturated carbocycles. The van der Waals surface area contributed by atoms with Gasteiger partial charge < -0.3 is 14.8 Å². The van der Waals surface area contributed by atoms with Gasteiger partial charge in [0.1, 0.15) is 17.5 Å². The summed E-state index contributed by atoms with van der Waals surface area (Å²) in [4.78, 5) is 37.5. The van der Waals surface area contributed by atoms with Gasteiger partial charge >= 0.3 is 5.97 Å². The molecule has 1 atom stereocenters. The van der Waals surface area contributed by atoms with Gasteiger partial charge in [-0.1, -0.05) is 29.4 Å². The summed E-state index contributed by atoms with van der Waals surface area (Å²) in [7, 11) is 2.61. The number of nitrogens with zero attached hydrogens (tertiary/aromatic N) is 5. The molecule has 1 aliphatic rings. The molecule has 12 heteroatoms. The van der Waals surface area contributed by atoms with E-state index in [2.05, 4.69) is 20.8 Å². The number of esters is 1. The fourth-order valence-electron chi connectivity index (χ4n) is 3.48. The van der Waals surface area contributed by atoms with E-state index in [0.717, 1.165) is 7.11 Å². The van der Waals surface area contributed by atoms with E-state index in [-0.39, 0.29) is 34.0 Å². The van der Waals surface area contributed by atoms with Crippen molar-refractivity contribution in [1.29, 1.82) is 0 Å². The van der Waals surface area contributed by atoms with Gasteiger partial charge in [-0.15, -0.1) is 0 Å². The summed E-state index contributed by atoms with van der Waals surface area (Å²) in [6, 6.07) is 11.0. The van der Waals surface area contributed by atoms with E-state index < -0.39 is 22.7 Å². The summed E-state index contributed by atoms with van der Waals surface area (Å²) >= 11 is 0. The largest absolute Gasteiger partial charge is 0.497 e. The average Bonchev–Trinajstić information content (AvgIpc) is 3.30. The van der Waals surface area contributed by atoms with Gasteiger partial charge in [-0.3, -0.25) is 14.9 Å². The summed E-state index contributed by atoms with van der Waals surface area (Å²) in [6.45, 7) is 0. The number of carbonyl (C=O) groups is 2. The van der Waals surface area contributed by atoms with Gasteiger partial charge in [0.2, 0.25) is 5.95 Å². The van der Waals surface area contributed by atoms with Crippen molar-refractivity contribution < 1.29 is 24.0 Å². The highest BCUT2D eigenvalue weighted by Gasteiger charge is 2.41. The van der Waals surface area contributed by atoms with Gasteiger partial charge in [-0.2, -0.15) is 4.68 Å². The number of hydrogen-bond donors (Lipinski definition) is 1. The predicted molar refractivity (Wildman–Crippen MR) is 109 cm³/mol. The lowest BCUT2D eigenvalue weighted by Gasteiger charge is -2.27. The highest BCUT2D eigenvalue weighted by Crippen LogP contribution is 2.40.